The number of hydrogen-bond donors (Lipinski definition) is 2. The minimum atomic E-state index is -0.584. The molecule has 0 saturated carbocycles. The van der Waals surface area contributed by atoms with E-state index in [-0.39, 0.29) is 6.10 Å². The summed E-state index contributed by atoms with van der Waals surface area (Å²) in [6, 6.07) is 16.4. The molecule has 3 N–H and O–H groups in total. The molecule has 5 nitrogen and oxygen atoms in total. The van der Waals surface area contributed by atoms with Crippen LogP contribution in [-0.2, 0) is 9.53 Å². The van der Waals surface area contributed by atoms with Gasteiger partial charge in [0.1, 0.15) is 18.4 Å². The number of hydrogen-bond acceptors (Lipinski definition) is 4. The predicted molar refractivity (Wildman–Crippen MR) is 92.9 cm³/mol. The standard InChI is InChI=1S/C19H22N2O3/c20-19(22)18(14-6-2-1-3-7-14)21-15-8-4-9-16(12-15)24-13-17-10-5-11-23-17/h1-4,6-9,12,17-18,21H,5,10-11,13H2,(H2,20,22). The number of carbonyl (C=O) groups excluding carboxylic acids is 1. The lowest BCUT2D eigenvalue weighted by Crippen LogP contribution is -2.27. The minimum Gasteiger partial charge on any atom is -0.491 e. The average molecular weight is 326 g/mol. The molecule has 1 saturated heterocycles. The first-order valence-electron chi connectivity index (χ1n) is 8.17. The van der Waals surface area contributed by atoms with E-state index in [0.717, 1.165) is 36.4 Å². The first-order valence-corrected chi connectivity index (χ1v) is 8.17. The summed E-state index contributed by atoms with van der Waals surface area (Å²) >= 11 is 0. The van der Waals surface area contributed by atoms with E-state index in [4.69, 9.17) is 15.2 Å². The highest BCUT2D eigenvalue weighted by Crippen LogP contribution is 2.24. The van der Waals surface area contributed by atoms with E-state index in [1.165, 1.54) is 0 Å². The molecule has 3 rings (SSSR count). The van der Waals surface area contributed by atoms with E-state index in [2.05, 4.69) is 5.32 Å². The number of primary amides is 1. The molecular weight excluding hydrogens is 304 g/mol. The molecule has 0 bridgehead atoms. The van der Waals surface area contributed by atoms with Crippen molar-refractivity contribution in [2.75, 3.05) is 18.5 Å². The Morgan fingerprint density at radius 2 is 2.08 bits per heavy atom. The molecule has 2 aromatic carbocycles. The van der Waals surface area contributed by atoms with Crippen LogP contribution in [0.5, 0.6) is 5.75 Å². The first kappa shape index (κ1) is 16.3. The molecule has 24 heavy (non-hydrogen) atoms. The van der Waals surface area contributed by atoms with Crippen LogP contribution in [0.2, 0.25) is 0 Å². The van der Waals surface area contributed by atoms with Crippen molar-refractivity contribution >= 4 is 11.6 Å². The van der Waals surface area contributed by atoms with Gasteiger partial charge in [-0.3, -0.25) is 4.79 Å². The van der Waals surface area contributed by atoms with Gasteiger partial charge < -0.3 is 20.5 Å². The molecule has 1 aliphatic rings. The summed E-state index contributed by atoms with van der Waals surface area (Å²) < 4.78 is 11.4. The van der Waals surface area contributed by atoms with Crippen molar-refractivity contribution in [2.24, 2.45) is 5.73 Å². The molecule has 2 unspecified atom stereocenters. The molecule has 2 aromatic rings. The fourth-order valence-corrected chi connectivity index (χ4v) is 2.77. The SMILES string of the molecule is NC(=O)C(Nc1cccc(OCC2CCCO2)c1)c1ccccc1. The van der Waals surface area contributed by atoms with Crippen molar-refractivity contribution in [2.45, 2.75) is 25.0 Å². The third kappa shape index (κ3) is 4.26. The van der Waals surface area contributed by atoms with E-state index >= 15 is 0 Å². The number of benzene rings is 2. The lowest BCUT2D eigenvalue weighted by atomic mass is 10.1. The lowest BCUT2D eigenvalue weighted by molar-refractivity contribution is -0.118. The second-order valence-electron chi connectivity index (χ2n) is 5.86. The highest BCUT2D eigenvalue weighted by atomic mass is 16.5. The maximum absolute atomic E-state index is 11.8. The van der Waals surface area contributed by atoms with Gasteiger partial charge in [0.2, 0.25) is 5.91 Å². The molecule has 1 amide bonds. The molecule has 0 radical (unpaired) electrons. The molecule has 0 spiro atoms. The largest absolute Gasteiger partial charge is 0.491 e. The van der Waals surface area contributed by atoms with Gasteiger partial charge in [-0.25, -0.2) is 0 Å². The fourth-order valence-electron chi connectivity index (χ4n) is 2.77. The highest BCUT2D eigenvalue weighted by molar-refractivity contribution is 5.84. The zero-order valence-corrected chi connectivity index (χ0v) is 13.5. The van der Waals surface area contributed by atoms with Crippen LogP contribution >= 0.6 is 0 Å². The first-order chi connectivity index (χ1) is 11.7. The van der Waals surface area contributed by atoms with Crippen LogP contribution in [0.4, 0.5) is 5.69 Å². The van der Waals surface area contributed by atoms with Gasteiger partial charge in [-0.1, -0.05) is 36.4 Å². The number of nitrogens with two attached hydrogens (primary N) is 1. The second kappa shape index (κ2) is 7.84. The third-order valence-electron chi connectivity index (χ3n) is 4.02. The van der Waals surface area contributed by atoms with Crippen molar-refractivity contribution in [1.29, 1.82) is 0 Å². The van der Waals surface area contributed by atoms with E-state index < -0.39 is 11.9 Å². The van der Waals surface area contributed by atoms with Crippen LogP contribution in [0.15, 0.2) is 54.6 Å². The Morgan fingerprint density at radius 1 is 1.25 bits per heavy atom. The minimum absolute atomic E-state index is 0.171. The zero-order chi connectivity index (χ0) is 16.8. The smallest absolute Gasteiger partial charge is 0.244 e. The van der Waals surface area contributed by atoms with Crippen molar-refractivity contribution < 1.29 is 14.3 Å². The molecular formula is C19H22N2O3. The Kier molecular flexibility index (Phi) is 5.33. The topological polar surface area (TPSA) is 73.6 Å². The van der Waals surface area contributed by atoms with Gasteiger partial charge in [0, 0.05) is 18.4 Å². The van der Waals surface area contributed by atoms with Crippen LogP contribution in [0.3, 0.4) is 0 Å². The van der Waals surface area contributed by atoms with Gasteiger partial charge in [0.15, 0.2) is 0 Å². The molecule has 1 aliphatic heterocycles. The fraction of sp³-hybridized carbons (Fsp3) is 0.316. The highest BCUT2D eigenvalue weighted by Gasteiger charge is 2.18. The molecule has 0 aromatic heterocycles. The van der Waals surface area contributed by atoms with Crippen LogP contribution in [0.25, 0.3) is 0 Å². The molecule has 2 atom stereocenters. The number of carbonyl (C=O) groups is 1. The maximum atomic E-state index is 11.8. The van der Waals surface area contributed by atoms with Crippen LogP contribution in [-0.4, -0.2) is 25.2 Å². The average Bonchev–Trinajstić information content (AvgIpc) is 3.12. The quantitative estimate of drug-likeness (QED) is 0.820. The Hall–Kier alpha value is -2.53. The monoisotopic (exact) mass is 326 g/mol. The molecule has 1 fully saturated rings. The summed E-state index contributed by atoms with van der Waals surface area (Å²) in [5.74, 6) is 0.318. The van der Waals surface area contributed by atoms with Gasteiger partial charge in [-0.15, -0.1) is 0 Å². The van der Waals surface area contributed by atoms with Gasteiger partial charge in [-0.2, -0.15) is 0 Å². The van der Waals surface area contributed by atoms with Crippen LogP contribution in [0.1, 0.15) is 24.4 Å². The van der Waals surface area contributed by atoms with E-state index in [1.54, 1.807) is 0 Å². The Morgan fingerprint density at radius 3 is 2.79 bits per heavy atom. The van der Waals surface area contributed by atoms with Gasteiger partial charge in [0.05, 0.1) is 6.10 Å². The van der Waals surface area contributed by atoms with Gasteiger partial charge in [0.25, 0.3) is 0 Å². The van der Waals surface area contributed by atoms with Gasteiger partial charge >= 0.3 is 0 Å². The zero-order valence-electron chi connectivity index (χ0n) is 13.5. The summed E-state index contributed by atoms with van der Waals surface area (Å²) in [6.45, 7) is 1.36. The maximum Gasteiger partial charge on any atom is 0.244 e. The molecule has 126 valence electrons. The van der Waals surface area contributed by atoms with E-state index in [1.807, 2.05) is 54.6 Å². The number of nitrogens with one attached hydrogen (secondary N) is 1. The van der Waals surface area contributed by atoms with Crippen molar-refractivity contribution in [3.05, 3.63) is 60.2 Å². The van der Waals surface area contributed by atoms with Crippen molar-refractivity contribution in [3.63, 3.8) is 0 Å². The number of anilines is 1. The lowest BCUT2D eigenvalue weighted by Gasteiger charge is -2.18. The van der Waals surface area contributed by atoms with Crippen molar-refractivity contribution in [1.82, 2.24) is 0 Å². The van der Waals surface area contributed by atoms with Crippen molar-refractivity contribution in [3.8, 4) is 5.75 Å². The number of rotatable bonds is 7. The Labute approximate surface area is 141 Å². The Bertz CT molecular complexity index is 669. The summed E-state index contributed by atoms with van der Waals surface area (Å²) in [7, 11) is 0. The summed E-state index contributed by atoms with van der Waals surface area (Å²) in [6.07, 6.45) is 2.30. The molecule has 5 heteroatoms. The summed E-state index contributed by atoms with van der Waals surface area (Å²) in [5.41, 5.74) is 7.16. The second-order valence-corrected chi connectivity index (χ2v) is 5.86. The molecule has 0 aliphatic carbocycles. The van der Waals surface area contributed by atoms with Gasteiger partial charge in [-0.05, 0) is 30.5 Å². The molecule has 1 heterocycles. The van der Waals surface area contributed by atoms with E-state index in [9.17, 15) is 4.79 Å². The Balaban J connectivity index is 1.67. The third-order valence-corrected chi connectivity index (χ3v) is 4.02. The van der Waals surface area contributed by atoms with Crippen LogP contribution in [0, 0.1) is 0 Å². The summed E-state index contributed by atoms with van der Waals surface area (Å²) in [5, 5.41) is 3.18. The number of amides is 1. The predicted octanol–water partition coefficient (Wildman–Crippen LogP) is 2.88. The number of ether oxygens (including phenoxy) is 2. The summed E-state index contributed by atoms with van der Waals surface area (Å²) in [4.78, 5) is 11.8. The van der Waals surface area contributed by atoms with E-state index in [0.29, 0.717) is 6.61 Å². The normalized spacial score (nSPS) is 18.1. The van der Waals surface area contributed by atoms with Crippen LogP contribution < -0.4 is 15.8 Å².